The van der Waals surface area contributed by atoms with E-state index < -0.39 is 0 Å². The van der Waals surface area contributed by atoms with Gasteiger partial charge in [-0.05, 0) is 27.4 Å². The topological polar surface area (TPSA) is 63.8 Å². The zero-order valence-electron chi connectivity index (χ0n) is 8.43. The van der Waals surface area contributed by atoms with Gasteiger partial charge in [0.05, 0.1) is 6.04 Å². The van der Waals surface area contributed by atoms with E-state index >= 15 is 0 Å². The van der Waals surface area contributed by atoms with E-state index in [2.05, 4.69) is 36.7 Å². The zero-order valence-corrected chi connectivity index (χ0v) is 10.8. The Bertz CT molecular complexity index is 445. The molecule has 0 aliphatic heterocycles. The second kappa shape index (κ2) is 5.49. The third kappa shape index (κ3) is 2.65. The lowest BCUT2D eigenvalue weighted by molar-refractivity contribution is 0.551. The van der Waals surface area contributed by atoms with Crippen LogP contribution in [0.1, 0.15) is 16.5 Å². The van der Waals surface area contributed by atoms with Crippen molar-refractivity contribution in [3.63, 3.8) is 0 Å². The van der Waals surface area contributed by atoms with Gasteiger partial charge in [0.25, 0.3) is 0 Å². The molecule has 16 heavy (non-hydrogen) atoms. The summed E-state index contributed by atoms with van der Waals surface area (Å²) in [5.41, 5.74) is 3.78. The average molecular weight is 299 g/mol. The largest absolute Gasteiger partial charge is 0.271 e. The summed E-state index contributed by atoms with van der Waals surface area (Å²) in [6, 6.07) is 2.07. The number of nitrogens with two attached hydrogens (primary N) is 1. The molecule has 0 amide bonds. The van der Waals surface area contributed by atoms with E-state index in [4.69, 9.17) is 5.84 Å². The van der Waals surface area contributed by atoms with Crippen molar-refractivity contribution in [1.82, 2.24) is 15.4 Å². The van der Waals surface area contributed by atoms with E-state index in [1.807, 2.05) is 6.07 Å². The minimum absolute atomic E-state index is 0.0381. The van der Waals surface area contributed by atoms with Gasteiger partial charge in [-0.2, -0.15) is 0 Å². The number of nitrogens with zero attached hydrogens (tertiary/aromatic N) is 2. The highest BCUT2D eigenvalue weighted by molar-refractivity contribution is 9.10. The third-order valence-electron chi connectivity index (χ3n) is 2.26. The van der Waals surface area contributed by atoms with Crippen LogP contribution in [0.2, 0.25) is 0 Å². The van der Waals surface area contributed by atoms with Crippen LogP contribution in [-0.2, 0) is 6.42 Å². The van der Waals surface area contributed by atoms with Crippen LogP contribution in [0.3, 0.4) is 0 Å². The summed E-state index contributed by atoms with van der Waals surface area (Å²) >= 11 is 5.21. The van der Waals surface area contributed by atoms with Gasteiger partial charge in [0.15, 0.2) is 0 Å². The third-order valence-corrected chi connectivity index (χ3v) is 4.21. The van der Waals surface area contributed by atoms with Crippen LogP contribution in [0.25, 0.3) is 0 Å². The van der Waals surface area contributed by atoms with Crippen LogP contribution in [0, 0.1) is 0 Å². The molecule has 6 heteroatoms. The Kier molecular flexibility index (Phi) is 4.00. The Balaban J connectivity index is 2.16. The number of hydrogen-bond donors (Lipinski definition) is 2. The van der Waals surface area contributed by atoms with E-state index in [-0.39, 0.29) is 6.04 Å². The SMILES string of the molecule is NNC(Cc1sccc1Br)c1cncnc1. The van der Waals surface area contributed by atoms with Crippen molar-refractivity contribution in [3.05, 3.63) is 45.1 Å². The number of nitrogens with one attached hydrogen (secondary N) is 1. The molecule has 0 radical (unpaired) electrons. The first kappa shape index (κ1) is 11.7. The Labute approximate surface area is 106 Å². The molecule has 1 atom stereocenters. The fraction of sp³-hybridized carbons (Fsp3) is 0.200. The quantitative estimate of drug-likeness (QED) is 0.670. The van der Waals surface area contributed by atoms with Gasteiger partial charge in [-0.25, -0.2) is 9.97 Å². The minimum Gasteiger partial charge on any atom is -0.271 e. The van der Waals surface area contributed by atoms with Crippen molar-refractivity contribution < 1.29 is 0 Å². The van der Waals surface area contributed by atoms with E-state index in [0.29, 0.717) is 0 Å². The molecule has 0 saturated carbocycles. The molecule has 1 unspecified atom stereocenters. The average Bonchev–Trinajstić information content (AvgIpc) is 2.73. The lowest BCUT2D eigenvalue weighted by Crippen LogP contribution is -2.29. The van der Waals surface area contributed by atoms with E-state index in [1.54, 1.807) is 23.7 Å². The van der Waals surface area contributed by atoms with Crippen molar-refractivity contribution >= 4 is 27.3 Å². The van der Waals surface area contributed by atoms with E-state index in [0.717, 1.165) is 16.5 Å². The molecule has 2 heterocycles. The molecule has 2 rings (SSSR count). The summed E-state index contributed by atoms with van der Waals surface area (Å²) in [5.74, 6) is 5.56. The summed E-state index contributed by atoms with van der Waals surface area (Å²) < 4.78 is 1.12. The lowest BCUT2D eigenvalue weighted by atomic mass is 10.1. The number of thiophene rings is 1. The molecule has 2 aromatic heterocycles. The van der Waals surface area contributed by atoms with Gasteiger partial charge in [-0.1, -0.05) is 0 Å². The molecule has 4 nitrogen and oxygen atoms in total. The first-order valence-electron chi connectivity index (χ1n) is 4.74. The Morgan fingerprint density at radius 3 is 2.75 bits per heavy atom. The van der Waals surface area contributed by atoms with Gasteiger partial charge >= 0.3 is 0 Å². The summed E-state index contributed by atoms with van der Waals surface area (Å²) in [4.78, 5) is 9.24. The van der Waals surface area contributed by atoms with Crippen LogP contribution in [0.15, 0.2) is 34.6 Å². The number of rotatable bonds is 4. The molecule has 0 fully saturated rings. The van der Waals surface area contributed by atoms with Crippen molar-refractivity contribution in [2.45, 2.75) is 12.5 Å². The zero-order chi connectivity index (χ0) is 11.4. The Hall–Kier alpha value is -0.820. The van der Waals surface area contributed by atoms with E-state index in [1.165, 1.54) is 11.2 Å². The van der Waals surface area contributed by atoms with Gasteiger partial charge in [-0.15, -0.1) is 11.3 Å². The van der Waals surface area contributed by atoms with Gasteiger partial charge in [0.2, 0.25) is 0 Å². The maximum Gasteiger partial charge on any atom is 0.115 e. The summed E-state index contributed by atoms with van der Waals surface area (Å²) in [6.07, 6.45) is 5.89. The van der Waals surface area contributed by atoms with Crippen molar-refractivity contribution in [1.29, 1.82) is 0 Å². The highest BCUT2D eigenvalue weighted by Gasteiger charge is 2.13. The van der Waals surface area contributed by atoms with Gasteiger partial charge < -0.3 is 0 Å². The number of halogens is 1. The summed E-state index contributed by atoms with van der Waals surface area (Å²) in [6.45, 7) is 0. The smallest absolute Gasteiger partial charge is 0.115 e. The van der Waals surface area contributed by atoms with Crippen molar-refractivity contribution in [2.24, 2.45) is 5.84 Å². The van der Waals surface area contributed by atoms with Crippen LogP contribution in [-0.4, -0.2) is 9.97 Å². The number of aromatic nitrogens is 2. The summed E-state index contributed by atoms with van der Waals surface area (Å²) in [5, 5.41) is 2.05. The standard InChI is InChI=1S/C10H11BrN4S/c11-8-1-2-16-10(8)3-9(15-12)7-4-13-6-14-5-7/h1-2,4-6,9,15H,3,12H2. The number of hydrogen-bond acceptors (Lipinski definition) is 5. The highest BCUT2D eigenvalue weighted by Crippen LogP contribution is 2.27. The predicted octanol–water partition coefficient (Wildman–Crippen LogP) is 2.05. The number of hydrazine groups is 1. The Morgan fingerprint density at radius 1 is 1.44 bits per heavy atom. The second-order valence-electron chi connectivity index (χ2n) is 3.29. The first-order valence-corrected chi connectivity index (χ1v) is 6.41. The van der Waals surface area contributed by atoms with Gasteiger partial charge in [-0.3, -0.25) is 11.3 Å². The molecule has 0 saturated heterocycles. The molecule has 2 aromatic rings. The molecule has 3 N–H and O–H groups in total. The van der Waals surface area contributed by atoms with Crippen LogP contribution in [0.4, 0.5) is 0 Å². The van der Waals surface area contributed by atoms with Crippen molar-refractivity contribution in [2.75, 3.05) is 0 Å². The molecule has 0 aliphatic rings. The minimum atomic E-state index is 0.0381. The molecule has 0 aliphatic carbocycles. The molecule has 0 bridgehead atoms. The predicted molar refractivity (Wildman–Crippen MR) is 67.8 cm³/mol. The lowest BCUT2D eigenvalue weighted by Gasteiger charge is -2.14. The monoisotopic (exact) mass is 298 g/mol. The second-order valence-corrected chi connectivity index (χ2v) is 5.14. The first-order chi connectivity index (χ1) is 7.81. The van der Waals surface area contributed by atoms with Gasteiger partial charge in [0, 0.05) is 33.7 Å². The maximum absolute atomic E-state index is 5.56. The maximum atomic E-state index is 5.56. The molecule has 84 valence electrons. The van der Waals surface area contributed by atoms with Crippen LogP contribution < -0.4 is 11.3 Å². The summed E-state index contributed by atoms with van der Waals surface area (Å²) in [7, 11) is 0. The van der Waals surface area contributed by atoms with Gasteiger partial charge in [0.1, 0.15) is 6.33 Å². The Morgan fingerprint density at radius 2 is 2.19 bits per heavy atom. The highest BCUT2D eigenvalue weighted by atomic mass is 79.9. The van der Waals surface area contributed by atoms with Crippen LogP contribution in [0.5, 0.6) is 0 Å². The fourth-order valence-corrected chi connectivity index (χ4v) is 2.98. The normalized spacial score (nSPS) is 12.6. The van der Waals surface area contributed by atoms with Crippen LogP contribution >= 0.6 is 27.3 Å². The molecular formula is C10H11BrN4S. The van der Waals surface area contributed by atoms with E-state index in [9.17, 15) is 0 Å². The molecule has 0 spiro atoms. The molecule has 0 aromatic carbocycles. The van der Waals surface area contributed by atoms with Crippen molar-refractivity contribution in [3.8, 4) is 0 Å². The fourth-order valence-electron chi connectivity index (χ4n) is 1.42. The molecular weight excluding hydrogens is 288 g/mol.